The van der Waals surface area contributed by atoms with Crippen molar-refractivity contribution < 1.29 is 0 Å². The van der Waals surface area contributed by atoms with Crippen LogP contribution in [-0.4, -0.2) is 0 Å². The minimum absolute atomic E-state index is 1.01. The molecule has 0 radical (unpaired) electrons. The van der Waals surface area contributed by atoms with Crippen molar-refractivity contribution in [1.29, 1.82) is 0 Å². The second kappa shape index (κ2) is 45.0. The number of benzene rings is 15. The van der Waals surface area contributed by atoms with Gasteiger partial charge in [-0.3, -0.25) is 0 Å². The highest BCUT2D eigenvalue weighted by atomic mass is 15.2. The summed E-state index contributed by atoms with van der Waals surface area (Å²) in [5.74, 6) is 0. The standard InChI is InChI=1S/3C34H23N.13C2H6/c1-3-10-27-20(6-1)17-30-28(27)13-12-22-15-25-19-32-26(18-29(25)33(22)30)16-24-9-5-8-23-14-21-7-2-4-11-31(21)35(32)34(23)24;1-3-10-28-20(6-1)14-22-12-13-23-16-26-19-31-27(18-29(26)33(23)32(22)28)17-25-9-5-8-24-15-21-7-2-4-11-30(21)35(31)34(24)25;1-3-10-25-20(6-1)17-30-26(25)13-12-22-18-28-27(33(22)30)14-15-32-29(28)19-24-9-5-8-23-16-21-7-2-4-11-31(21)35(32)34(23)24;13*1-2/h2*1-13,18-19H,14-17H2;1-15H,16-19H2;13*1-2H3. The molecule has 0 N–H and O–H groups in total. The Labute approximate surface area is 790 Å². The first-order valence-electron chi connectivity index (χ1n) is 51.1. The third-order valence-electron chi connectivity index (χ3n) is 26.1. The summed E-state index contributed by atoms with van der Waals surface area (Å²) in [7, 11) is 0. The minimum atomic E-state index is 1.01. The van der Waals surface area contributed by atoms with E-state index in [2.05, 4.69) is 288 Å². The van der Waals surface area contributed by atoms with Crippen LogP contribution in [0.25, 0.3) is 66.8 Å². The summed E-state index contributed by atoms with van der Waals surface area (Å²) in [6.45, 7) is 52.0. The van der Waals surface area contributed by atoms with E-state index < -0.39 is 0 Å². The molecule has 131 heavy (non-hydrogen) atoms. The summed E-state index contributed by atoms with van der Waals surface area (Å²) in [4.78, 5) is 7.68. The number of para-hydroxylation sites is 6. The van der Waals surface area contributed by atoms with Crippen LogP contribution < -0.4 is 14.7 Å². The molecule has 3 nitrogen and oxygen atoms in total. The van der Waals surface area contributed by atoms with E-state index in [4.69, 9.17) is 0 Å². The molecule has 0 aromatic heterocycles. The average molecular weight is 1730 g/mol. The van der Waals surface area contributed by atoms with Gasteiger partial charge in [-0.2, -0.15) is 0 Å². The van der Waals surface area contributed by atoms with Crippen molar-refractivity contribution in [3.05, 3.63) is 407 Å². The molecule has 0 atom stereocenters. The van der Waals surface area contributed by atoms with E-state index >= 15 is 0 Å². The summed E-state index contributed by atoms with van der Waals surface area (Å²) < 4.78 is 0. The highest BCUT2D eigenvalue weighted by Crippen LogP contribution is 2.60. The van der Waals surface area contributed by atoms with Crippen LogP contribution in [0.4, 0.5) is 51.2 Å². The van der Waals surface area contributed by atoms with Gasteiger partial charge in [0.05, 0.1) is 34.1 Å². The lowest BCUT2D eigenvalue weighted by Crippen LogP contribution is -2.25. The van der Waals surface area contributed by atoms with Crippen LogP contribution in [0.2, 0.25) is 0 Å². The predicted octanol–water partition coefficient (Wildman–Crippen LogP) is 37.7. The Kier molecular flexibility index (Phi) is 33.6. The molecule has 674 valence electrons. The summed E-state index contributed by atoms with van der Waals surface area (Å²) in [6.07, 6.45) is 12.4. The van der Waals surface area contributed by atoms with Crippen molar-refractivity contribution in [2.75, 3.05) is 14.7 Å². The first kappa shape index (κ1) is 97.8. The molecule has 0 unspecified atom stereocenters. The number of hydrogen-bond donors (Lipinski definition) is 0. The fourth-order valence-electron chi connectivity index (χ4n) is 21.8. The zero-order valence-electron chi connectivity index (χ0n) is 84.3. The van der Waals surface area contributed by atoms with E-state index in [0.717, 1.165) is 77.0 Å². The van der Waals surface area contributed by atoms with E-state index in [-0.39, 0.29) is 0 Å². The maximum Gasteiger partial charge on any atom is 0.0532 e. The zero-order valence-corrected chi connectivity index (χ0v) is 84.3. The molecule has 0 fully saturated rings. The monoisotopic (exact) mass is 1730 g/mol. The van der Waals surface area contributed by atoms with Crippen LogP contribution >= 0.6 is 0 Å². The van der Waals surface area contributed by atoms with Crippen LogP contribution in [0.5, 0.6) is 0 Å². The number of rotatable bonds is 0. The molecule has 3 heteroatoms. The van der Waals surface area contributed by atoms with E-state index in [1.807, 2.05) is 180 Å². The fraction of sp³-hybridized carbons (Fsp3) is 0.297. The van der Waals surface area contributed by atoms with Gasteiger partial charge in [0.25, 0.3) is 0 Å². The largest absolute Gasteiger partial charge is 0.309 e. The highest BCUT2D eigenvalue weighted by Gasteiger charge is 2.41. The Bertz CT molecular complexity index is 6380. The molecule has 12 aliphatic rings. The highest BCUT2D eigenvalue weighted by molar-refractivity contribution is 6.01. The lowest BCUT2D eigenvalue weighted by atomic mass is 9.84. The number of fused-ring (bicyclic) bond motifs is 34. The van der Waals surface area contributed by atoms with Crippen LogP contribution in [0.1, 0.15) is 314 Å². The number of nitrogens with zero attached hydrogens (tertiary/aromatic N) is 3. The van der Waals surface area contributed by atoms with Crippen molar-refractivity contribution in [2.45, 2.75) is 257 Å². The minimum Gasteiger partial charge on any atom is -0.309 e. The van der Waals surface area contributed by atoms with Crippen molar-refractivity contribution >= 4 is 51.2 Å². The van der Waals surface area contributed by atoms with Gasteiger partial charge in [0, 0.05) is 55.6 Å². The van der Waals surface area contributed by atoms with Gasteiger partial charge in [-0.25, -0.2) is 0 Å². The van der Waals surface area contributed by atoms with Crippen LogP contribution in [0.3, 0.4) is 0 Å². The normalized spacial score (nSPS) is 12.5. The van der Waals surface area contributed by atoms with Crippen molar-refractivity contribution in [2.24, 2.45) is 0 Å². The maximum absolute atomic E-state index is 2.56. The fourth-order valence-corrected chi connectivity index (χ4v) is 21.8. The molecule has 15 aromatic rings. The van der Waals surface area contributed by atoms with Gasteiger partial charge < -0.3 is 14.7 Å². The van der Waals surface area contributed by atoms with Gasteiger partial charge in [0.1, 0.15) is 0 Å². The second-order valence-electron chi connectivity index (χ2n) is 31.5. The maximum atomic E-state index is 2.56. The van der Waals surface area contributed by atoms with Gasteiger partial charge in [-0.05, 0) is 287 Å². The molecule has 6 heterocycles. The molecule has 0 bridgehead atoms. The van der Waals surface area contributed by atoms with E-state index in [0.29, 0.717) is 0 Å². The molecular weight excluding hydrogens is 1580 g/mol. The van der Waals surface area contributed by atoms with Gasteiger partial charge in [0.2, 0.25) is 0 Å². The Morgan fingerprint density at radius 2 is 0.382 bits per heavy atom. The molecule has 0 saturated heterocycles. The van der Waals surface area contributed by atoms with Crippen molar-refractivity contribution in [1.82, 2.24) is 0 Å². The molecule has 0 saturated carbocycles. The Hall–Kier alpha value is -12.3. The Morgan fingerprint density at radius 1 is 0.130 bits per heavy atom. The third kappa shape index (κ3) is 17.1. The third-order valence-corrected chi connectivity index (χ3v) is 26.1. The molecular formula is C128H147N3. The van der Waals surface area contributed by atoms with Crippen molar-refractivity contribution in [3.63, 3.8) is 0 Å². The molecule has 0 amide bonds. The van der Waals surface area contributed by atoms with Gasteiger partial charge in [0.15, 0.2) is 0 Å². The molecule has 0 spiro atoms. The van der Waals surface area contributed by atoms with Crippen LogP contribution in [0, 0.1) is 0 Å². The summed E-state index contributed by atoms with van der Waals surface area (Å²) in [5, 5.41) is 0. The van der Waals surface area contributed by atoms with E-state index in [9.17, 15) is 0 Å². The SMILES string of the molecule is CC.CC.CC.CC.CC.CC.CC.CC.CC.CC.CC.CC.CC.c1ccc2c(c1)Cc1c-2ccc2c1-c1cc3c(cc1C2)N1c2ccccc2Cc2cccc(c21)C3.c1ccc2c(c1)Cc1c-2ccc2c1-c1ccc3c(c1C2)Cc1cccc2c1N3c1ccccc1C2.c1ccc2c(c1)Cc1ccc3c(c1-2)-c1cc2c(cc1C3)N1c3ccccc3Cc3cccc(c31)C2. The Morgan fingerprint density at radius 3 is 0.786 bits per heavy atom. The molecule has 27 rings (SSSR count). The molecule has 15 aromatic carbocycles. The lowest BCUT2D eigenvalue weighted by Gasteiger charge is -2.40. The second-order valence-corrected chi connectivity index (χ2v) is 31.5. The average Bonchev–Trinajstić information content (AvgIpc) is 1.69. The van der Waals surface area contributed by atoms with Crippen LogP contribution in [0.15, 0.2) is 273 Å². The summed E-state index contributed by atoms with van der Waals surface area (Å²) >= 11 is 0. The summed E-state index contributed by atoms with van der Waals surface area (Å²) in [6, 6.07) is 104. The summed E-state index contributed by atoms with van der Waals surface area (Å²) in [5.41, 5.74) is 65.3. The van der Waals surface area contributed by atoms with Crippen LogP contribution in [-0.2, 0) is 77.0 Å². The molecule has 6 aliphatic carbocycles. The smallest absolute Gasteiger partial charge is 0.0532 e. The Balaban J connectivity index is 0.000000158. The number of anilines is 9. The van der Waals surface area contributed by atoms with E-state index in [1.165, 1.54) is 246 Å². The van der Waals surface area contributed by atoms with Gasteiger partial charge in [-0.15, -0.1) is 0 Å². The first-order chi connectivity index (χ1) is 65.0. The quantitative estimate of drug-likeness (QED) is 0.150. The van der Waals surface area contributed by atoms with Gasteiger partial charge >= 0.3 is 0 Å². The number of hydrogen-bond acceptors (Lipinski definition) is 3. The van der Waals surface area contributed by atoms with E-state index in [1.54, 1.807) is 5.56 Å². The van der Waals surface area contributed by atoms with Gasteiger partial charge in [-0.1, -0.05) is 404 Å². The predicted molar refractivity (Wildman–Crippen MR) is 577 cm³/mol. The zero-order chi connectivity index (χ0) is 94.0. The topological polar surface area (TPSA) is 9.72 Å². The van der Waals surface area contributed by atoms with Crippen molar-refractivity contribution in [3.8, 4) is 66.8 Å². The molecule has 6 aliphatic heterocycles. The first-order valence-corrected chi connectivity index (χ1v) is 51.1. The lowest BCUT2D eigenvalue weighted by molar-refractivity contribution is 0.997.